The molecule has 1 fully saturated rings. The molecule has 28 heavy (non-hydrogen) atoms. The minimum atomic E-state index is -0.457. The zero-order valence-corrected chi connectivity index (χ0v) is 15.9. The SMILES string of the molecule is Cn1c(=O)[nH]c(=O)c2c1nc(N1CCNCC1)n2CCCOc1ccccc1. The van der Waals surface area contributed by atoms with E-state index in [9.17, 15) is 9.59 Å². The number of aromatic nitrogens is 4. The van der Waals surface area contributed by atoms with E-state index < -0.39 is 11.2 Å². The number of H-pyrrole nitrogens is 1. The number of aryl methyl sites for hydroxylation is 2. The van der Waals surface area contributed by atoms with Crippen LogP contribution in [0.4, 0.5) is 5.95 Å². The Labute approximate surface area is 161 Å². The predicted molar refractivity (Wildman–Crippen MR) is 107 cm³/mol. The van der Waals surface area contributed by atoms with Crippen molar-refractivity contribution in [3.8, 4) is 5.75 Å². The number of piperazine rings is 1. The highest BCUT2D eigenvalue weighted by atomic mass is 16.5. The predicted octanol–water partition coefficient (Wildman–Crippen LogP) is 0.302. The summed E-state index contributed by atoms with van der Waals surface area (Å²) in [6.45, 7) is 4.41. The Morgan fingerprint density at radius 3 is 2.64 bits per heavy atom. The molecule has 4 rings (SSSR count). The molecule has 0 bridgehead atoms. The number of anilines is 1. The van der Waals surface area contributed by atoms with Crippen molar-refractivity contribution in [2.24, 2.45) is 7.05 Å². The van der Waals surface area contributed by atoms with Crippen molar-refractivity contribution < 1.29 is 4.74 Å². The van der Waals surface area contributed by atoms with Gasteiger partial charge in [-0.2, -0.15) is 4.98 Å². The molecule has 1 saturated heterocycles. The summed E-state index contributed by atoms with van der Waals surface area (Å²) in [4.78, 5) is 33.7. The van der Waals surface area contributed by atoms with Crippen LogP contribution in [0.2, 0.25) is 0 Å². The minimum Gasteiger partial charge on any atom is -0.494 e. The van der Waals surface area contributed by atoms with Crippen LogP contribution in [-0.2, 0) is 13.6 Å². The van der Waals surface area contributed by atoms with Crippen LogP contribution in [0.3, 0.4) is 0 Å². The average molecular weight is 384 g/mol. The molecule has 0 saturated carbocycles. The second-order valence-electron chi connectivity index (χ2n) is 6.81. The average Bonchev–Trinajstić information content (AvgIpc) is 3.11. The maximum atomic E-state index is 12.5. The number of hydrogen-bond donors (Lipinski definition) is 2. The van der Waals surface area contributed by atoms with Crippen molar-refractivity contribution in [1.82, 2.24) is 24.4 Å². The van der Waals surface area contributed by atoms with Gasteiger partial charge in [-0.1, -0.05) is 18.2 Å². The number of aromatic amines is 1. The first-order valence-corrected chi connectivity index (χ1v) is 9.48. The van der Waals surface area contributed by atoms with Crippen LogP contribution < -0.4 is 26.2 Å². The van der Waals surface area contributed by atoms with E-state index in [1.165, 1.54) is 4.57 Å². The maximum Gasteiger partial charge on any atom is 0.329 e. The van der Waals surface area contributed by atoms with Gasteiger partial charge in [-0.15, -0.1) is 0 Å². The summed E-state index contributed by atoms with van der Waals surface area (Å²) in [7, 11) is 1.62. The van der Waals surface area contributed by atoms with Gasteiger partial charge >= 0.3 is 5.69 Å². The molecule has 2 aromatic heterocycles. The monoisotopic (exact) mass is 384 g/mol. The number of ether oxygens (including phenoxy) is 1. The van der Waals surface area contributed by atoms with Gasteiger partial charge in [0.05, 0.1) is 6.61 Å². The molecule has 0 spiro atoms. The molecule has 0 amide bonds. The molecule has 1 aromatic carbocycles. The summed E-state index contributed by atoms with van der Waals surface area (Å²) in [5, 5.41) is 3.32. The second-order valence-corrected chi connectivity index (χ2v) is 6.81. The van der Waals surface area contributed by atoms with Gasteiger partial charge in [-0.25, -0.2) is 4.79 Å². The molecule has 0 atom stereocenters. The molecular formula is C19H24N6O3. The molecule has 3 heterocycles. The van der Waals surface area contributed by atoms with Gasteiger partial charge < -0.3 is 19.5 Å². The summed E-state index contributed by atoms with van der Waals surface area (Å²) >= 11 is 0. The first-order valence-electron chi connectivity index (χ1n) is 9.48. The highest BCUT2D eigenvalue weighted by Crippen LogP contribution is 2.20. The molecule has 9 nitrogen and oxygen atoms in total. The number of nitrogens with zero attached hydrogens (tertiary/aromatic N) is 4. The lowest BCUT2D eigenvalue weighted by atomic mass is 10.3. The van der Waals surface area contributed by atoms with Gasteiger partial charge in [-0.3, -0.25) is 14.3 Å². The van der Waals surface area contributed by atoms with Crippen LogP contribution >= 0.6 is 0 Å². The summed E-state index contributed by atoms with van der Waals surface area (Å²) in [5.74, 6) is 1.54. The minimum absolute atomic E-state index is 0.407. The van der Waals surface area contributed by atoms with E-state index in [1.54, 1.807) is 7.05 Å². The van der Waals surface area contributed by atoms with E-state index in [4.69, 9.17) is 4.74 Å². The number of rotatable bonds is 6. The van der Waals surface area contributed by atoms with Crippen molar-refractivity contribution in [3.05, 3.63) is 51.2 Å². The van der Waals surface area contributed by atoms with E-state index in [2.05, 4.69) is 20.2 Å². The zero-order chi connectivity index (χ0) is 19.5. The van der Waals surface area contributed by atoms with Crippen LogP contribution in [0.25, 0.3) is 11.2 Å². The standard InChI is InChI=1S/C19H24N6O3/c1-23-16-15(17(26)22-19(23)27)25(18(21-16)24-11-8-20-9-12-24)10-5-13-28-14-6-3-2-4-7-14/h2-4,6-7,20H,5,8-13H2,1H3,(H,22,26,27). The van der Waals surface area contributed by atoms with Crippen molar-refractivity contribution in [1.29, 1.82) is 0 Å². The molecule has 0 unspecified atom stereocenters. The van der Waals surface area contributed by atoms with E-state index in [0.717, 1.165) is 37.9 Å². The van der Waals surface area contributed by atoms with E-state index in [1.807, 2.05) is 34.9 Å². The lowest BCUT2D eigenvalue weighted by molar-refractivity contribution is 0.302. The number of fused-ring (bicyclic) bond motifs is 1. The van der Waals surface area contributed by atoms with Crippen molar-refractivity contribution in [3.63, 3.8) is 0 Å². The fourth-order valence-electron chi connectivity index (χ4n) is 3.47. The Balaban J connectivity index is 1.63. The summed E-state index contributed by atoms with van der Waals surface area (Å²) in [6.07, 6.45) is 0.710. The maximum absolute atomic E-state index is 12.5. The van der Waals surface area contributed by atoms with E-state index >= 15 is 0 Å². The summed E-state index contributed by atoms with van der Waals surface area (Å²) < 4.78 is 9.07. The number of hydrogen-bond acceptors (Lipinski definition) is 6. The van der Waals surface area contributed by atoms with Gasteiger partial charge in [0.25, 0.3) is 5.56 Å². The van der Waals surface area contributed by atoms with Crippen molar-refractivity contribution in [2.75, 3.05) is 37.7 Å². The van der Waals surface area contributed by atoms with Crippen LogP contribution in [0.15, 0.2) is 39.9 Å². The molecular weight excluding hydrogens is 360 g/mol. The third kappa shape index (κ3) is 3.53. The fraction of sp³-hybridized carbons (Fsp3) is 0.421. The Morgan fingerprint density at radius 1 is 1.14 bits per heavy atom. The molecule has 1 aliphatic heterocycles. The third-order valence-corrected chi connectivity index (χ3v) is 4.92. The largest absolute Gasteiger partial charge is 0.494 e. The third-order valence-electron chi connectivity index (χ3n) is 4.92. The summed E-state index contributed by atoms with van der Waals surface area (Å²) in [5.41, 5.74) is -0.0287. The molecule has 148 valence electrons. The van der Waals surface area contributed by atoms with Crippen molar-refractivity contribution >= 4 is 17.1 Å². The van der Waals surface area contributed by atoms with Gasteiger partial charge in [0, 0.05) is 39.8 Å². The molecule has 0 radical (unpaired) electrons. The number of nitrogens with one attached hydrogen (secondary N) is 2. The van der Waals surface area contributed by atoms with E-state index in [0.29, 0.717) is 30.7 Å². The van der Waals surface area contributed by atoms with Crippen LogP contribution in [0, 0.1) is 0 Å². The zero-order valence-electron chi connectivity index (χ0n) is 15.9. The molecule has 0 aliphatic carbocycles. The Hall–Kier alpha value is -3.07. The normalized spacial score (nSPS) is 14.5. The molecule has 1 aliphatic rings. The van der Waals surface area contributed by atoms with Gasteiger partial charge in [-0.05, 0) is 18.6 Å². The topological polar surface area (TPSA) is 97.2 Å². The van der Waals surface area contributed by atoms with Gasteiger partial charge in [0.2, 0.25) is 5.95 Å². The Bertz CT molecular complexity index is 1060. The summed E-state index contributed by atoms with van der Waals surface area (Å²) in [6, 6.07) is 9.64. The lowest BCUT2D eigenvalue weighted by Crippen LogP contribution is -2.44. The number of benzene rings is 1. The molecule has 9 heteroatoms. The fourth-order valence-corrected chi connectivity index (χ4v) is 3.47. The van der Waals surface area contributed by atoms with E-state index in [-0.39, 0.29) is 0 Å². The van der Waals surface area contributed by atoms with Crippen LogP contribution in [-0.4, -0.2) is 51.9 Å². The smallest absolute Gasteiger partial charge is 0.329 e. The Morgan fingerprint density at radius 2 is 1.89 bits per heavy atom. The highest BCUT2D eigenvalue weighted by Gasteiger charge is 2.22. The number of imidazole rings is 1. The quantitative estimate of drug-likeness (QED) is 0.594. The van der Waals surface area contributed by atoms with Gasteiger partial charge in [0.15, 0.2) is 11.2 Å². The number of para-hydroxylation sites is 1. The second kappa shape index (κ2) is 7.89. The van der Waals surface area contributed by atoms with Crippen LogP contribution in [0.1, 0.15) is 6.42 Å². The Kier molecular flexibility index (Phi) is 5.16. The van der Waals surface area contributed by atoms with Crippen LogP contribution in [0.5, 0.6) is 5.75 Å². The van der Waals surface area contributed by atoms with Crippen molar-refractivity contribution in [2.45, 2.75) is 13.0 Å². The first-order chi connectivity index (χ1) is 13.6. The first kappa shape index (κ1) is 18.3. The molecule has 3 aromatic rings. The highest BCUT2D eigenvalue weighted by molar-refractivity contribution is 5.74. The van der Waals surface area contributed by atoms with Gasteiger partial charge in [0.1, 0.15) is 5.75 Å². The lowest BCUT2D eigenvalue weighted by Gasteiger charge is -2.28. The molecule has 2 N–H and O–H groups in total.